The Kier molecular flexibility index (Phi) is 7.53. The molecule has 1 aliphatic heterocycles. The molecular formula is C19H37NO. The Hall–Kier alpha value is -0.0800. The molecule has 0 amide bonds. The Bertz CT molecular complexity index is 265. The predicted octanol–water partition coefficient (Wildman–Crippen LogP) is 4.78. The van der Waals surface area contributed by atoms with Crippen molar-refractivity contribution in [2.24, 2.45) is 17.3 Å². The van der Waals surface area contributed by atoms with Gasteiger partial charge in [0.25, 0.3) is 0 Å². The fourth-order valence-electron chi connectivity index (χ4n) is 4.48. The van der Waals surface area contributed by atoms with Crippen LogP contribution in [0.4, 0.5) is 0 Å². The smallest absolute Gasteiger partial charge is 0.0468 e. The molecule has 124 valence electrons. The number of unbranched alkanes of at least 4 members (excludes halogenated alkanes) is 1. The van der Waals surface area contributed by atoms with Crippen LogP contribution in [0.15, 0.2) is 0 Å². The molecule has 0 spiro atoms. The van der Waals surface area contributed by atoms with Crippen LogP contribution in [-0.2, 0) is 4.74 Å². The minimum atomic E-state index is 0.598. The molecule has 2 aliphatic rings. The van der Waals surface area contributed by atoms with Gasteiger partial charge in [-0.15, -0.1) is 0 Å². The van der Waals surface area contributed by atoms with Crippen LogP contribution < -0.4 is 5.32 Å². The van der Waals surface area contributed by atoms with Crippen LogP contribution in [-0.4, -0.2) is 26.3 Å². The predicted molar refractivity (Wildman–Crippen MR) is 90.6 cm³/mol. The van der Waals surface area contributed by atoms with Crippen molar-refractivity contribution in [1.29, 1.82) is 0 Å². The van der Waals surface area contributed by atoms with Crippen LogP contribution in [0.2, 0.25) is 0 Å². The topological polar surface area (TPSA) is 21.3 Å². The van der Waals surface area contributed by atoms with Gasteiger partial charge >= 0.3 is 0 Å². The molecule has 21 heavy (non-hydrogen) atoms. The molecule has 0 radical (unpaired) electrons. The third-order valence-corrected chi connectivity index (χ3v) is 5.94. The monoisotopic (exact) mass is 295 g/mol. The van der Waals surface area contributed by atoms with Crippen molar-refractivity contribution in [2.45, 2.75) is 78.1 Å². The summed E-state index contributed by atoms with van der Waals surface area (Å²) in [7, 11) is 0. The lowest BCUT2D eigenvalue weighted by Crippen LogP contribution is -2.40. The first-order valence-corrected chi connectivity index (χ1v) is 9.56. The summed E-state index contributed by atoms with van der Waals surface area (Å²) in [6.45, 7) is 8.94. The molecule has 0 aromatic heterocycles. The third kappa shape index (κ3) is 5.56. The number of rotatable bonds is 8. The van der Waals surface area contributed by atoms with Crippen molar-refractivity contribution in [1.82, 2.24) is 5.32 Å². The van der Waals surface area contributed by atoms with Gasteiger partial charge in [0.2, 0.25) is 0 Å². The average Bonchev–Trinajstić information content (AvgIpc) is 2.53. The molecular weight excluding hydrogens is 258 g/mol. The Labute approximate surface area is 132 Å². The van der Waals surface area contributed by atoms with Gasteiger partial charge in [-0.3, -0.25) is 0 Å². The number of ether oxygens (including phenoxy) is 1. The highest BCUT2D eigenvalue weighted by molar-refractivity contribution is 4.89. The van der Waals surface area contributed by atoms with E-state index >= 15 is 0 Å². The van der Waals surface area contributed by atoms with Gasteiger partial charge in [-0.1, -0.05) is 33.1 Å². The lowest BCUT2D eigenvalue weighted by atomic mass is 9.65. The second kappa shape index (κ2) is 9.15. The second-order valence-electron chi connectivity index (χ2n) is 7.63. The first kappa shape index (κ1) is 17.3. The van der Waals surface area contributed by atoms with Gasteiger partial charge in [0.05, 0.1) is 0 Å². The fourth-order valence-corrected chi connectivity index (χ4v) is 4.48. The number of hydrogen-bond donors (Lipinski definition) is 1. The molecule has 2 rings (SSSR count). The van der Waals surface area contributed by atoms with E-state index < -0.39 is 0 Å². The molecule has 2 heteroatoms. The van der Waals surface area contributed by atoms with Gasteiger partial charge < -0.3 is 10.1 Å². The standard InChI is InChI=1S/C19H37NO/c1-3-5-6-17-7-11-19(12-8-17,16-20-4-2)15-18-9-13-21-14-10-18/h17-18,20H,3-16H2,1-2H3. The van der Waals surface area contributed by atoms with E-state index in [2.05, 4.69) is 19.2 Å². The van der Waals surface area contributed by atoms with E-state index in [1.807, 2.05) is 0 Å². The average molecular weight is 296 g/mol. The van der Waals surface area contributed by atoms with Crippen molar-refractivity contribution in [2.75, 3.05) is 26.3 Å². The molecule has 1 N–H and O–H groups in total. The zero-order valence-electron chi connectivity index (χ0n) is 14.5. The lowest BCUT2D eigenvalue weighted by Gasteiger charge is -2.43. The van der Waals surface area contributed by atoms with E-state index in [4.69, 9.17) is 4.74 Å². The lowest BCUT2D eigenvalue weighted by molar-refractivity contribution is 0.0319. The van der Waals surface area contributed by atoms with E-state index in [9.17, 15) is 0 Å². The molecule has 1 saturated heterocycles. The van der Waals surface area contributed by atoms with Crippen molar-refractivity contribution < 1.29 is 4.74 Å². The van der Waals surface area contributed by atoms with Crippen molar-refractivity contribution in [3.8, 4) is 0 Å². The molecule has 0 unspecified atom stereocenters. The van der Waals surface area contributed by atoms with E-state index in [0.29, 0.717) is 5.41 Å². The largest absolute Gasteiger partial charge is 0.381 e. The van der Waals surface area contributed by atoms with Gasteiger partial charge in [-0.05, 0) is 68.7 Å². The Morgan fingerprint density at radius 3 is 2.33 bits per heavy atom. The summed E-state index contributed by atoms with van der Waals surface area (Å²) in [5, 5.41) is 3.68. The van der Waals surface area contributed by atoms with Crippen molar-refractivity contribution >= 4 is 0 Å². The summed E-state index contributed by atoms with van der Waals surface area (Å²) in [6, 6.07) is 0. The summed E-state index contributed by atoms with van der Waals surface area (Å²) in [6.07, 6.45) is 14.2. The minimum absolute atomic E-state index is 0.598. The number of hydrogen-bond acceptors (Lipinski definition) is 2. The van der Waals surface area contributed by atoms with Gasteiger partial charge in [0.15, 0.2) is 0 Å². The molecule has 1 saturated carbocycles. The van der Waals surface area contributed by atoms with Gasteiger partial charge in [-0.25, -0.2) is 0 Å². The third-order valence-electron chi connectivity index (χ3n) is 5.94. The first-order valence-electron chi connectivity index (χ1n) is 9.56. The van der Waals surface area contributed by atoms with Crippen LogP contribution in [0, 0.1) is 17.3 Å². The van der Waals surface area contributed by atoms with Crippen molar-refractivity contribution in [3.05, 3.63) is 0 Å². The summed E-state index contributed by atoms with van der Waals surface area (Å²) >= 11 is 0. The molecule has 2 fully saturated rings. The molecule has 0 atom stereocenters. The summed E-state index contributed by atoms with van der Waals surface area (Å²) < 4.78 is 5.55. The van der Waals surface area contributed by atoms with E-state index in [-0.39, 0.29) is 0 Å². The molecule has 0 aromatic rings. The van der Waals surface area contributed by atoms with Crippen LogP contribution in [0.3, 0.4) is 0 Å². The van der Waals surface area contributed by atoms with Gasteiger partial charge in [0.1, 0.15) is 0 Å². The van der Waals surface area contributed by atoms with Gasteiger partial charge in [0, 0.05) is 19.8 Å². The Morgan fingerprint density at radius 1 is 1.00 bits per heavy atom. The fraction of sp³-hybridized carbons (Fsp3) is 1.00. The molecule has 2 nitrogen and oxygen atoms in total. The van der Waals surface area contributed by atoms with Gasteiger partial charge in [-0.2, -0.15) is 0 Å². The van der Waals surface area contributed by atoms with E-state index in [0.717, 1.165) is 31.6 Å². The number of nitrogens with one attached hydrogen (secondary N) is 1. The minimum Gasteiger partial charge on any atom is -0.381 e. The summed E-state index contributed by atoms with van der Waals surface area (Å²) in [4.78, 5) is 0. The molecule has 0 bridgehead atoms. The zero-order valence-corrected chi connectivity index (χ0v) is 14.5. The van der Waals surface area contributed by atoms with Crippen molar-refractivity contribution in [3.63, 3.8) is 0 Å². The highest BCUT2D eigenvalue weighted by Crippen LogP contribution is 2.45. The maximum absolute atomic E-state index is 5.55. The van der Waals surface area contributed by atoms with E-state index in [1.165, 1.54) is 70.8 Å². The SMILES string of the molecule is CCCCC1CCC(CNCC)(CC2CCOCC2)CC1. The first-order chi connectivity index (χ1) is 10.3. The second-order valence-corrected chi connectivity index (χ2v) is 7.63. The zero-order chi connectivity index (χ0) is 15.0. The normalized spacial score (nSPS) is 31.4. The van der Waals surface area contributed by atoms with Crippen LogP contribution in [0.25, 0.3) is 0 Å². The van der Waals surface area contributed by atoms with Crippen LogP contribution in [0.1, 0.15) is 78.1 Å². The quantitative estimate of drug-likeness (QED) is 0.696. The molecule has 0 aromatic carbocycles. The highest BCUT2D eigenvalue weighted by Gasteiger charge is 2.36. The van der Waals surface area contributed by atoms with Crippen LogP contribution >= 0.6 is 0 Å². The Morgan fingerprint density at radius 2 is 1.71 bits per heavy atom. The highest BCUT2D eigenvalue weighted by atomic mass is 16.5. The summed E-state index contributed by atoms with van der Waals surface area (Å²) in [5.41, 5.74) is 0.598. The maximum atomic E-state index is 5.55. The maximum Gasteiger partial charge on any atom is 0.0468 e. The summed E-state index contributed by atoms with van der Waals surface area (Å²) in [5.74, 6) is 1.94. The molecule has 1 heterocycles. The van der Waals surface area contributed by atoms with E-state index in [1.54, 1.807) is 0 Å². The molecule has 1 aliphatic carbocycles. The Balaban J connectivity index is 1.85. The van der Waals surface area contributed by atoms with Crippen LogP contribution in [0.5, 0.6) is 0 Å².